The monoisotopic (exact) mass is 265 g/mol. The highest BCUT2D eigenvalue weighted by Gasteiger charge is 2.26. The smallest absolute Gasteiger partial charge is 0.168 e. The van der Waals surface area contributed by atoms with Crippen LogP contribution >= 0.6 is 0 Å². The van der Waals surface area contributed by atoms with Gasteiger partial charge in [-0.15, -0.1) is 0 Å². The van der Waals surface area contributed by atoms with Crippen molar-refractivity contribution in [3.63, 3.8) is 0 Å². The zero-order valence-corrected chi connectivity index (χ0v) is 12.1. The van der Waals surface area contributed by atoms with Gasteiger partial charge in [-0.3, -0.25) is 14.4 Å². The van der Waals surface area contributed by atoms with Crippen molar-refractivity contribution >= 4 is 5.78 Å². The Morgan fingerprint density at radius 2 is 2.32 bits per heavy atom. The van der Waals surface area contributed by atoms with Crippen LogP contribution in [0, 0.1) is 0 Å². The second kappa shape index (κ2) is 6.30. The molecule has 19 heavy (non-hydrogen) atoms. The summed E-state index contributed by atoms with van der Waals surface area (Å²) in [5, 5.41) is 4.37. The first-order chi connectivity index (χ1) is 9.13. The van der Waals surface area contributed by atoms with Gasteiger partial charge in [0.05, 0.1) is 18.7 Å². The van der Waals surface area contributed by atoms with Crippen LogP contribution in [0.3, 0.4) is 0 Å². The molecule has 0 N–H and O–H groups in total. The Morgan fingerprint density at radius 1 is 1.53 bits per heavy atom. The van der Waals surface area contributed by atoms with Gasteiger partial charge in [-0.25, -0.2) is 0 Å². The lowest BCUT2D eigenvalue weighted by atomic mass is 10.1. The van der Waals surface area contributed by atoms with E-state index in [1.54, 1.807) is 4.68 Å². The fourth-order valence-electron chi connectivity index (χ4n) is 2.39. The number of Topliss-reactive ketones (excluding diaryl/α,β-unsaturated/α-hetero) is 1. The lowest BCUT2D eigenvalue weighted by Crippen LogP contribution is -2.46. The van der Waals surface area contributed by atoms with Gasteiger partial charge in [-0.1, -0.05) is 13.8 Å². The van der Waals surface area contributed by atoms with Crippen LogP contribution in [-0.2, 0) is 29.4 Å². The minimum absolute atomic E-state index is 0.156. The Balaban J connectivity index is 1.98. The molecule has 1 atom stereocenters. The van der Waals surface area contributed by atoms with E-state index in [2.05, 4.69) is 23.8 Å². The topological polar surface area (TPSA) is 47.4 Å². The summed E-state index contributed by atoms with van der Waals surface area (Å²) in [5.41, 5.74) is 2.00. The molecule has 0 radical (unpaired) electrons. The van der Waals surface area contributed by atoms with Crippen molar-refractivity contribution in [2.45, 2.75) is 32.8 Å². The maximum atomic E-state index is 12.3. The average molecular weight is 265 g/mol. The number of carbonyl (C=O) groups is 1. The molecule has 1 unspecified atom stereocenters. The van der Waals surface area contributed by atoms with E-state index in [-0.39, 0.29) is 11.9 Å². The molecule has 0 bridgehead atoms. The molecule has 2 heterocycles. The van der Waals surface area contributed by atoms with Crippen LogP contribution in [-0.4, -0.2) is 52.8 Å². The Bertz CT molecular complexity index is 442. The minimum atomic E-state index is -0.284. The summed E-state index contributed by atoms with van der Waals surface area (Å²) in [6.07, 6.45) is 1.02. The van der Waals surface area contributed by atoms with Crippen LogP contribution in [0.1, 0.15) is 25.2 Å². The van der Waals surface area contributed by atoms with E-state index >= 15 is 0 Å². The van der Waals surface area contributed by atoms with Crippen LogP contribution in [0.4, 0.5) is 0 Å². The lowest BCUT2D eigenvalue weighted by Gasteiger charge is -2.31. The molecule has 0 aromatic carbocycles. The van der Waals surface area contributed by atoms with E-state index in [4.69, 9.17) is 4.74 Å². The Labute approximate surface area is 114 Å². The van der Waals surface area contributed by atoms with Crippen molar-refractivity contribution in [2.24, 2.45) is 7.05 Å². The summed E-state index contributed by atoms with van der Waals surface area (Å²) in [6, 6.07) is 2.01. The number of carbonyl (C=O) groups excluding carboxylic acids is 1. The highest BCUT2D eigenvalue weighted by molar-refractivity contribution is 5.85. The summed E-state index contributed by atoms with van der Waals surface area (Å²) in [4.78, 5) is 14.5. The first-order valence-electron chi connectivity index (χ1n) is 7.02. The van der Waals surface area contributed by atoms with Crippen molar-refractivity contribution in [1.29, 1.82) is 0 Å². The van der Waals surface area contributed by atoms with Crippen LogP contribution in [0.2, 0.25) is 0 Å². The molecule has 1 saturated heterocycles. The van der Waals surface area contributed by atoms with Gasteiger partial charge < -0.3 is 4.74 Å². The number of morpholine rings is 1. The second-order valence-electron chi connectivity index (χ2n) is 5.00. The van der Waals surface area contributed by atoms with E-state index in [0.717, 1.165) is 30.9 Å². The SMILES string of the molecule is CCc1cc(CC(=O)C2CN(CC)CCO2)n(C)n1. The molecule has 2 rings (SSSR count). The third kappa shape index (κ3) is 3.42. The van der Waals surface area contributed by atoms with Crippen LogP contribution in [0.5, 0.6) is 0 Å². The largest absolute Gasteiger partial charge is 0.368 e. The maximum Gasteiger partial charge on any atom is 0.168 e. The minimum Gasteiger partial charge on any atom is -0.368 e. The molecule has 1 aromatic heterocycles. The lowest BCUT2D eigenvalue weighted by molar-refractivity contribution is -0.135. The van der Waals surface area contributed by atoms with Gasteiger partial charge in [-0.2, -0.15) is 5.10 Å². The Hall–Kier alpha value is -1.20. The molecule has 5 nitrogen and oxygen atoms in total. The van der Waals surface area contributed by atoms with Crippen molar-refractivity contribution in [3.8, 4) is 0 Å². The van der Waals surface area contributed by atoms with E-state index < -0.39 is 0 Å². The van der Waals surface area contributed by atoms with Gasteiger partial charge in [0, 0.05) is 25.8 Å². The van der Waals surface area contributed by atoms with Gasteiger partial charge in [-0.05, 0) is 19.0 Å². The summed E-state index contributed by atoms with van der Waals surface area (Å²) in [7, 11) is 1.89. The Morgan fingerprint density at radius 3 is 2.95 bits per heavy atom. The van der Waals surface area contributed by atoms with E-state index in [9.17, 15) is 4.79 Å². The zero-order valence-electron chi connectivity index (χ0n) is 12.1. The summed E-state index contributed by atoms with van der Waals surface area (Å²) in [6.45, 7) is 7.44. The van der Waals surface area contributed by atoms with E-state index in [1.807, 2.05) is 13.1 Å². The second-order valence-corrected chi connectivity index (χ2v) is 5.00. The average Bonchev–Trinajstić information content (AvgIpc) is 2.79. The number of aromatic nitrogens is 2. The molecule has 0 aliphatic carbocycles. The van der Waals surface area contributed by atoms with Gasteiger partial charge in [0.25, 0.3) is 0 Å². The Kier molecular flexibility index (Phi) is 4.71. The number of hydrogen-bond acceptors (Lipinski definition) is 4. The molecule has 1 fully saturated rings. The predicted molar refractivity (Wildman–Crippen MR) is 73.2 cm³/mol. The van der Waals surface area contributed by atoms with Crippen molar-refractivity contribution in [3.05, 3.63) is 17.5 Å². The normalized spacial score (nSPS) is 20.7. The number of ketones is 1. The van der Waals surface area contributed by atoms with Gasteiger partial charge >= 0.3 is 0 Å². The first kappa shape index (κ1) is 14.2. The predicted octanol–water partition coefficient (Wildman–Crippen LogP) is 0.815. The number of likely N-dealkylation sites (N-methyl/N-ethyl adjacent to an activating group) is 1. The fourth-order valence-corrected chi connectivity index (χ4v) is 2.39. The summed E-state index contributed by atoms with van der Waals surface area (Å²) >= 11 is 0. The van der Waals surface area contributed by atoms with Crippen LogP contribution in [0.25, 0.3) is 0 Å². The molecular formula is C14H23N3O2. The summed E-state index contributed by atoms with van der Waals surface area (Å²) in [5.74, 6) is 0.156. The highest BCUT2D eigenvalue weighted by Crippen LogP contribution is 2.11. The molecule has 0 saturated carbocycles. The highest BCUT2D eigenvalue weighted by atomic mass is 16.5. The standard InChI is InChI=1S/C14H23N3O2/c1-4-11-8-12(16(3)15-11)9-13(18)14-10-17(5-2)6-7-19-14/h8,14H,4-7,9-10H2,1-3H3. The number of aryl methyl sites for hydroxylation is 2. The van der Waals surface area contributed by atoms with Crippen molar-refractivity contribution in [1.82, 2.24) is 14.7 Å². The number of rotatable bonds is 5. The van der Waals surface area contributed by atoms with Crippen molar-refractivity contribution < 1.29 is 9.53 Å². The number of ether oxygens (including phenoxy) is 1. The third-order valence-corrected chi connectivity index (χ3v) is 3.70. The van der Waals surface area contributed by atoms with Gasteiger partial charge in [0.15, 0.2) is 5.78 Å². The molecule has 5 heteroatoms. The number of nitrogens with zero attached hydrogens (tertiary/aromatic N) is 3. The molecule has 0 amide bonds. The van der Waals surface area contributed by atoms with Gasteiger partial charge in [0.2, 0.25) is 0 Å². The van der Waals surface area contributed by atoms with Crippen molar-refractivity contribution in [2.75, 3.05) is 26.2 Å². The quantitative estimate of drug-likeness (QED) is 0.790. The van der Waals surface area contributed by atoms with Crippen LogP contribution < -0.4 is 0 Å². The number of hydrogen-bond donors (Lipinski definition) is 0. The molecule has 106 valence electrons. The molecule has 1 aliphatic heterocycles. The maximum absolute atomic E-state index is 12.3. The van der Waals surface area contributed by atoms with E-state index in [0.29, 0.717) is 19.6 Å². The molecule has 1 aromatic rings. The third-order valence-electron chi connectivity index (χ3n) is 3.70. The molecular weight excluding hydrogens is 242 g/mol. The van der Waals surface area contributed by atoms with E-state index in [1.165, 1.54) is 0 Å². The molecule has 1 aliphatic rings. The zero-order chi connectivity index (χ0) is 13.8. The molecule has 0 spiro atoms. The van der Waals surface area contributed by atoms with Gasteiger partial charge in [0.1, 0.15) is 6.10 Å². The summed E-state index contributed by atoms with van der Waals surface area (Å²) < 4.78 is 7.40. The van der Waals surface area contributed by atoms with Crippen LogP contribution in [0.15, 0.2) is 6.07 Å². The first-order valence-corrected chi connectivity index (χ1v) is 7.02. The fraction of sp³-hybridized carbons (Fsp3) is 0.714.